The lowest BCUT2D eigenvalue weighted by Gasteiger charge is -2.14. The van der Waals surface area contributed by atoms with Crippen LogP contribution in [0, 0.1) is 0 Å². The van der Waals surface area contributed by atoms with E-state index in [1.807, 2.05) is 23.5 Å². The van der Waals surface area contributed by atoms with E-state index in [1.165, 1.54) is 4.88 Å². The number of thiophene rings is 1. The van der Waals surface area contributed by atoms with Crippen LogP contribution in [0.1, 0.15) is 30.0 Å². The molecule has 16 heavy (non-hydrogen) atoms. The minimum atomic E-state index is 0.335. The quantitative estimate of drug-likeness (QED) is 0.827. The van der Waals surface area contributed by atoms with Gasteiger partial charge in [-0.25, -0.2) is 0 Å². The van der Waals surface area contributed by atoms with Gasteiger partial charge < -0.3 is 9.73 Å². The smallest absolute Gasteiger partial charge is 0.120 e. The molecule has 2 rings (SSSR count). The number of hydrogen-bond acceptors (Lipinski definition) is 3. The van der Waals surface area contributed by atoms with E-state index in [0.29, 0.717) is 6.04 Å². The van der Waals surface area contributed by atoms with Crippen LogP contribution in [-0.4, -0.2) is 6.54 Å². The molecule has 0 saturated carbocycles. The lowest BCUT2D eigenvalue weighted by atomic mass is 10.1. The van der Waals surface area contributed by atoms with Crippen molar-refractivity contribution in [1.82, 2.24) is 5.32 Å². The van der Waals surface area contributed by atoms with Crippen LogP contribution in [0.5, 0.6) is 0 Å². The normalized spacial score (nSPS) is 12.8. The van der Waals surface area contributed by atoms with Crippen molar-refractivity contribution in [3.05, 3.63) is 46.5 Å². The molecular formula is C13H17NOS. The SMILES string of the molecule is CCNC(CCc1cccs1)c1ccco1. The van der Waals surface area contributed by atoms with Crippen LogP contribution in [0.15, 0.2) is 40.3 Å². The molecule has 0 spiro atoms. The van der Waals surface area contributed by atoms with Gasteiger partial charge in [0.1, 0.15) is 5.76 Å². The van der Waals surface area contributed by atoms with Crippen LogP contribution in [0.3, 0.4) is 0 Å². The van der Waals surface area contributed by atoms with Crippen molar-refractivity contribution in [2.75, 3.05) is 6.54 Å². The Bertz CT molecular complexity index is 380. The number of rotatable bonds is 6. The molecule has 1 atom stereocenters. The molecule has 0 aliphatic heterocycles. The van der Waals surface area contributed by atoms with Crippen LogP contribution in [0.25, 0.3) is 0 Å². The van der Waals surface area contributed by atoms with Gasteiger partial charge in [0.25, 0.3) is 0 Å². The molecule has 2 heterocycles. The van der Waals surface area contributed by atoms with E-state index < -0.39 is 0 Å². The van der Waals surface area contributed by atoms with Gasteiger partial charge in [-0.3, -0.25) is 0 Å². The zero-order valence-electron chi connectivity index (χ0n) is 9.48. The number of furan rings is 1. The molecule has 0 saturated heterocycles. The fourth-order valence-electron chi connectivity index (χ4n) is 1.82. The highest BCUT2D eigenvalue weighted by atomic mass is 32.1. The fourth-order valence-corrected chi connectivity index (χ4v) is 2.55. The van der Waals surface area contributed by atoms with Crippen LogP contribution >= 0.6 is 11.3 Å². The molecule has 86 valence electrons. The Hall–Kier alpha value is -1.06. The third-order valence-electron chi connectivity index (χ3n) is 2.60. The molecule has 0 aliphatic carbocycles. The summed E-state index contributed by atoms with van der Waals surface area (Å²) in [5.74, 6) is 1.04. The molecule has 0 bridgehead atoms. The highest BCUT2D eigenvalue weighted by Gasteiger charge is 2.12. The lowest BCUT2D eigenvalue weighted by molar-refractivity contribution is 0.402. The summed E-state index contributed by atoms with van der Waals surface area (Å²) in [6.45, 7) is 3.09. The molecule has 1 N–H and O–H groups in total. The molecule has 1 unspecified atom stereocenters. The Balaban J connectivity index is 1.93. The van der Waals surface area contributed by atoms with Crippen molar-refractivity contribution in [3.8, 4) is 0 Å². The predicted molar refractivity (Wildman–Crippen MR) is 67.8 cm³/mol. The molecule has 0 fully saturated rings. The van der Waals surface area contributed by atoms with Gasteiger partial charge in [-0.1, -0.05) is 13.0 Å². The van der Waals surface area contributed by atoms with Crippen LogP contribution < -0.4 is 5.32 Å². The average Bonchev–Trinajstić information content (AvgIpc) is 2.96. The summed E-state index contributed by atoms with van der Waals surface area (Å²) in [4.78, 5) is 1.44. The van der Waals surface area contributed by atoms with Crippen molar-refractivity contribution in [2.24, 2.45) is 0 Å². The van der Waals surface area contributed by atoms with Gasteiger partial charge in [-0.05, 0) is 43.0 Å². The molecule has 0 amide bonds. The lowest BCUT2D eigenvalue weighted by Crippen LogP contribution is -2.20. The molecule has 2 nitrogen and oxygen atoms in total. The summed E-state index contributed by atoms with van der Waals surface area (Å²) in [5, 5.41) is 5.59. The second kappa shape index (κ2) is 5.87. The summed E-state index contributed by atoms with van der Waals surface area (Å²) in [5.41, 5.74) is 0. The molecular weight excluding hydrogens is 218 g/mol. The third-order valence-corrected chi connectivity index (χ3v) is 3.53. The van der Waals surface area contributed by atoms with E-state index in [0.717, 1.165) is 25.1 Å². The zero-order chi connectivity index (χ0) is 11.2. The Labute approximate surface area is 100 Å². The molecule has 2 aromatic rings. The van der Waals surface area contributed by atoms with Gasteiger partial charge in [0.15, 0.2) is 0 Å². The summed E-state index contributed by atoms with van der Waals surface area (Å²) in [6.07, 6.45) is 3.93. The van der Waals surface area contributed by atoms with Crippen molar-refractivity contribution in [3.63, 3.8) is 0 Å². The van der Waals surface area contributed by atoms with E-state index in [2.05, 4.69) is 29.8 Å². The van der Waals surface area contributed by atoms with Gasteiger partial charge in [-0.2, -0.15) is 0 Å². The first-order chi connectivity index (χ1) is 7.90. The van der Waals surface area contributed by atoms with Crippen molar-refractivity contribution < 1.29 is 4.42 Å². The summed E-state index contributed by atoms with van der Waals surface area (Å²) >= 11 is 1.82. The highest BCUT2D eigenvalue weighted by molar-refractivity contribution is 7.09. The minimum absolute atomic E-state index is 0.335. The predicted octanol–water partition coefficient (Wildman–Crippen LogP) is 3.62. The second-order valence-corrected chi connectivity index (χ2v) is 4.78. The Kier molecular flexibility index (Phi) is 4.19. The van der Waals surface area contributed by atoms with Gasteiger partial charge >= 0.3 is 0 Å². The molecule has 0 radical (unpaired) electrons. The van der Waals surface area contributed by atoms with E-state index in [4.69, 9.17) is 4.42 Å². The zero-order valence-corrected chi connectivity index (χ0v) is 10.3. The summed E-state index contributed by atoms with van der Waals surface area (Å²) in [7, 11) is 0. The number of hydrogen-bond donors (Lipinski definition) is 1. The maximum Gasteiger partial charge on any atom is 0.120 e. The highest BCUT2D eigenvalue weighted by Crippen LogP contribution is 2.21. The first kappa shape index (κ1) is 11.4. The average molecular weight is 235 g/mol. The minimum Gasteiger partial charge on any atom is -0.468 e. The van der Waals surface area contributed by atoms with Crippen LogP contribution in [-0.2, 0) is 6.42 Å². The first-order valence-corrected chi connectivity index (χ1v) is 6.57. The van der Waals surface area contributed by atoms with Gasteiger partial charge in [0.05, 0.1) is 12.3 Å². The Morgan fingerprint density at radius 1 is 1.38 bits per heavy atom. The molecule has 0 aliphatic rings. The van der Waals surface area contributed by atoms with Gasteiger partial charge in [-0.15, -0.1) is 11.3 Å². The topological polar surface area (TPSA) is 25.2 Å². The van der Waals surface area contributed by atoms with Crippen LogP contribution in [0.2, 0.25) is 0 Å². The van der Waals surface area contributed by atoms with Crippen LogP contribution in [0.4, 0.5) is 0 Å². The summed E-state index contributed by atoms with van der Waals surface area (Å²) < 4.78 is 5.46. The van der Waals surface area contributed by atoms with Crippen molar-refractivity contribution in [2.45, 2.75) is 25.8 Å². The first-order valence-electron chi connectivity index (χ1n) is 5.69. The van der Waals surface area contributed by atoms with E-state index >= 15 is 0 Å². The maximum atomic E-state index is 5.46. The maximum absolute atomic E-state index is 5.46. The Morgan fingerprint density at radius 2 is 2.31 bits per heavy atom. The van der Waals surface area contributed by atoms with E-state index in [1.54, 1.807) is 6.26 Å². The molecule has 2 aromatic heterocycles. The summed E-state index contributed by atoms with van der Waals surface area (Å²) in [6, 6.07) is 8.62. The van der Waals surface area contributed by atoms with Crippen molar-refractivity contribution >= 4 is 11.3 Å². The number of aryl methyl sites for hydroxylation is 1. The standard InChI is InChI=1S/C13H17NOS/c1-2-14-12(13-6-3-9-15-13)8-7-11-5-4-10-16-11/h3-6,9-10,12,14H,2,7-8H2,1H3. The third kappa shape index (κ3) is 2.97. The second-order valence-electron chi connectivity index (χ2n) is 3.74. The fraction of sp³-hybridized carbons (Fsp3) is 0.385. The van der Waals surface area contributed by atoms with E-state index in [-0.39, 0.29) is 0 Å². The largest absolute Gasteiger partial charge is 0.468 e. The van der Waals surface area contributed by atoms with Gasteiger partial charge in [0.2, 0.25) is 0 Å². The van der Waals surface area contributed by atoms with Gasteiger partial charge in [0, 0.05) is 4.88 Å². The monoisotopic (exact) mass is 235 g/mol. The Morgan fingerprint density at radius 3 is 2.94 bits per heavy atom. The molecule has 0 aromatic carbocycles. The number of nitrogens with one attached hydrogen (secondary N) is 1. The van der Waals surface area contributed by atoms with Crippen molar-refractivity contribution in [1.29, 1.82) is 0 Å². The molecule has 3 heteroatoms. The van der Waals surface area contributed by atoms with E-state index in [9.17, 15) is 0 Å².